The summed E-state index contributed by atoms with van der Waals surface area (Å²) in [7, 11) is 0. The summed E-state index contributed by atoms with van der Waals surface area (Å²) in [5, 5.41) is 0. The lowest BCUT2D eigenvalue weighted by Crippen LogP contribution is -2.28. The Morgan fingerprint density at radius 3 is 2.84 bits per heavy atom. The lowest BCUT2D eigenvalue weighted by molar-refractivity contribution is -0.531. The van der Waals surface area contributed by atoms with Gasteiger partial charge in [-0.15, -0.1) is 0 Å². The summed E-state index contributed by atoms with van der Waals surface area (Å²) in [5.74, 6) is 1.99. The SMILES string of the molecule is CC(C)/C(N)=C/C(N)=N\c1cnc2c(n1)CC[N+](CC1CCCC1)=C2. The summed E-state index contributed by atoms with van der Waals surface area (Å²) in [6.45, 7) is 6.18. The Labute approximate surface area is 149 Å². The van der Waals surface area contributed by atoms with Gasteiger partial charge in [0.05, 0.1) is 18.3 Å². The van der Waals surface area contributed by atoms with Gasteiger partial charge in [0.1, 0.15) is 24.6 Å². The van der Waals surface area contributed by atoms with Crippen LogP contribution in [0.3, 0.4) is 0 Å². The molecule has 1 aromatic heterocycles. The Morgan fingerprint density at radius 2 is 2.12 bits per heavy atom. The third-order valence-electron chi connectivity index (χ3n) is 5.00. The van der Waals surface area contributed by atoms with Gasteiger partial charge in [-0.2, -0.15) is 0 Å². The van der Waals surface area contributed by atoms with Crippen LogP contribution in [-0.4, -0.2) is 39.7 Å². The summed E-state index contributed by atoms with van der Waals surface area (Å²) in [4.78, 5) is 13.5. The van der Waals surface area contributed by atoms with Crippen LogP contribution in [0.2, 0.25) is 0 Å². The average Bonchev–Trinajstić information content (AvgIpc) is 3.07. The molecule has 1 aliphatic heterocycles. The number of nitrogens with zero attached hydrogens (tertiary/aromatic N) is 4. The van der Waals surface area contributed by atoms with Gasteiger partial charge >= 0.3 is 0 Å². The molecule has 2 heterocycles. The molecule has 6 nitrogen and oxygen atoms in total. The van der Waals surface area contributed by atoms with Crippen molar-refractivity contribution in [2.75, 3.05) is 13.1 Å². The van der Waals surface area contributed by atoms with Crippen molar-refractivity contribution < 1.29 is 4.58 Å². The Kier molecular flexibility index (Phi) is 5.46. The van der Waals surface area contributed by atoms with Crippen LogP contribution in [0.1, 0.15) is 50.9 Å². The van der Waals surface area contributed by atoms with E-state index < -0.39 is 0 Å². The van der Waals surface area contributed by atoms with E-state index in [1.807, 2.05) is 13.8 Å². The summed E-state index contributed by atoms with van der Waals surface area (Å²) in [6.07, 6.45) is 11.9. The number of hydrogen-bond donors (Lipinski definition) is 2. The van der Waals surface area contributed by atoms with Crippen molar-refractivity contribution in [2.45, 2.75) is 46.0 Å². The van der Waals surface area contributed by atoms with Gasteiger partial charge in [-0.3, -0.25) is 0 Å². The standard InChI is InChI=1S/C19H28N6/c1-13(2)15(20)9-18(21)24-19-10-22-17-12-25(8-7-16(17)23-19)11-14-5-3-4-6-14/h9-10,12-14H,3-8,11H2,1-2H3,(H3,20,21)/p+1. The number of aliphatic imine (C=N–C) groups is 1. The summed E-state index contributed by atoms with van der Waals surface area (Å²) in [5.41, 5.74) is 14.5. The smallest absolute Gasteiger partial charge is 0.191 e. The maximum atomic E-state index is 5.94. The summed E-state index contributed by atoms with van der Waals surface area (Å²) in [6, 6.07) is 0. The maximum Gasteiger partial charge on any atom is 0.191 e. The molecule has 1 aliphatic carbocycles. The number of fused-ring (bicyclic) bond motifs is 1. The topological polar surface area (TPSA) is 93.2 Å². The Hall–Kier alpha value is -2.24. The molecule has 4 N–H and O–H groups in total. The van der Waals surface area contributed by atoms with E-state index in [1.165, 1.54) is 25.7 Å². The van der Waals surface area contributed by atoms with Gasteiger partial charge < -0.3 is 11.5 Å². The fraction of sp³-hybridized carbons (Fsp3) is 0.579. The van der Waals surface area contributed by atoms with Gasteiger partial charge in [0.2, 0.25) is 0 Å². The normalized spacial score (nSPS) is 19.2. The molecule has 0 aromatic carbocycles. The van der Waals surface area contributed by atoms with Crippen molar-refractivity contribution in [1.29, 1.82) is 0 Å². The minimum absolute atomic E-state index is 0.240. The van der Waals surface area contributed by atoms with Crippen molar-refractivity contribution in [3.63, 3.8) is 0 Å². The molecule has 0 bridgehead atoms. The quantitative estimate of drug-likeness (QED) is 0.487. The van der Waals surface area contributed by atoms with Gasteiger partial charge in [-0.05, 0) is 24.8 Å². The third kappa shape index (κ3) is 4.65. The molecule has 1 saturated carbocycles. The van der Waals surface area contributed by atoms with Crippen molar-refractivity contribution in [3.05, 3.63) is 29.4 Å². The molecule has 1 aromatic rings. The fourth-order valence-corrected chi connectivity index (χ4v) is 3.43. The van der Waals surface area contributed by atoms with Crippen LogP contribution in [0.15, 0.2) is 23.0 Å². The zero-order valence-electron chi connectivity index (χ0n) is 15.3. The summed E-state index contributed by atoms with van der Waals surface area (Å²) < 4.78 is 2.40. The van der Waals surface area contributed by atoms with Gasteiger partial charge in [0.15, 0.2) is 12.0 Å². The molecule has 0 saturated heterocycles. The number of hydrogen-bond acceptors (Lipinski definition) is 4. The molecule has 1 fully saturated rings. The molecule has 25 heavy (non-hydrogen) atoms. The number of rotatable bonds is 5. The Balaban J connectivity index is 1.73. The van der Waals surface area contributed by atoms with Crippen LogP contribution in [-0.2, 0) is 6.42 Å². The van der Waals surface area contributed by atoms with E-state index in [-0.39, 0.29) is 5.92 Å². The number of aromatic nitrogens is 2. The van der Waals surface area contributed by atoms with Crippen molar-refractivity contribution in [1.82, 2.24) is 9.97 Å². The monoisotopic (exact) mass is 341 g/mol. The van der Waals surface area contributed by atoms with Gasteiger partial charge in [-0.25, -0.2) is 19.5 Å². The highest BCUT2D eigenvalue weighted by atomic mass is 15.0. The van der Waals surface area contributed by atoms with E-state index in [0.717, 1.165) is 36.8 Å². The van der Waals surface area contributed by atoms with Crippen LogP contribution in [0.25, 0.3) is 0 Å². The highest BCUT2D eigenvalue weighted by Crippen LogP contribution is 2.25. The zero-order valence-corrected chi connectivity index (χ0v) is 15.3. The molecular formula is C19H29N6+. The van der Waals surface area contributed by atoms with E-state index in [0.29, 0.717) is 17.4 Å². The van der Waals surface area contributed by atoms with E-state index in [9.17, 15) is 0 Å². The Morgan fingerprint density at radius 1 is 1.36 bits per heavy atom. The second-order valence-electron chi connectivity index (χ2n) is 7.42. The van der Waals surface area contributed by atoms with Crippen LogP contribution in [0.4, 0.5) is 5.82 Å². The van der Waals surface area contributed by atoms with Crippen molar-refractivity contribution >= 4 is 17.9 Å². The van der Waals surface area contributed by atoms with Gasteiger partial charge in [0.25, 0.3) is 0 Å². The lowest BCUT2D eigenvalue weighted by Gasteiger charge is -2.14. The van der Waals surface area contributed by atoms with Crippen molar-refractivity contribution in [2.24, 2.45) is 28.3 Å². The van der Waals surface area contributed by atoms with Crippen LogP contribution in [0.5, 0.6) is 0 Å². The molecule has 0 spiro atoms. The average molecular weight is 341 g/mol. The Bertz CT molecular complexity index is 711. The first-order valence-corrected chi connectivity index (χ1v) is 9.27. The molecule has 0 unspecified atom stereocenters. The maximum absolute atomic E-state index is 5.94. The minimum Gasteiger partial charge on any atom is -0.402 e. The van der Waals surface area contributed by atoms with E-state index >= 15 is 0 Å². The number of nitrogens with two attached hydrogens (primary N) is 2. The second-order valence-corrected chi connectivity index (χ2v) is 7.42. The molecule has 0 atom stereocenters. The second kappa shape index (κ2) is 7.76. The van der Waals surface area contributed by atoms with E-state index in [2.05, 4.69) is 25.8 Å². The fourth-order valence-electron chi connectivity index (χ4n) is 3.43. The summed E-state index contributed by atoms with van der Waals surface area (Å²) >= 11 is 0. The molecule has 134 valence electrons. The first-order chi connectivity index (χ1) is 12.0. The molecule has 6 heteroatoms. The first kappa shape index (κ1) is 17.6. The largest absolute Gasteiger partial charge is 0.402 e. The first-order valence-electron chi connectivity index (χ1n) is 9.27. The molecular weight excluding hydrogens is 312 g/mol. The number of allylic oxidation sites excluding steroid dienone is 1. The minimum atomic E-state index is 0.240. The van der Waals surface area contributed by atoms with E-state index in [4.69, 9.17) is 11.5 Å². The molecule has 0 amide bonds. The van der Waals surface area contributed by atoms with Gasteiger partial charge in [0, 0.05) is 11.6 Å². The number of amidine groups is 1. The van der Waals surface area contributed by atoms with Crippen LogP contribution in [0, 0.1) is 11.8 Å². The van der Waals surface area contributed by atoms with Crippen LogP contribution >= 0.6 is 0 Å². The molecule has 3 rings (SSSR count). The van der Waals surface area contributed by atoms with E-state index in [1.54, 1.807) is 12.3 Å². The molecule has 0 radical (unpaired) electrons. The van der Waals surface area contributed by atoms with Gasteiger partial charge in [-0.1, -0.05) is 26.7 Å². The predicted molar refractivity (Wildman–Crippen MR) is 101 cm³/mol. The van der Waals surface area contributed by atoms with Crippen LogP contribution < -0.4 is 11.5 Å². The predicted octanol–water partition coefficient (Wildman–Crippen LogP) is 2.14. The van der Waals surface area contributed by atoms with Crippen molar-refractivity contribution in [3.8, 4) is 0 Å². The zero-order chi connectivity index (χ0) is 17.8. The highest BCUT2D eigenvalue weighted by molar-refractivity contribution is 5.93. The lowest BCUT2D eigenvalue weighted by atomic mass is 10.1. The highest BCUT2D eigenvalue weighted by Gasteiger charge is 2.24. The molecule has 2 aliphatic rings. The third-order valence-corrected chi connectivity index (χ3v) is 5.00.